The van der Waals surface area contributed by atoms with E-state index in [9.17, 15) is 15.3 Å². The Hall–Kier alpha value is -2.06. The maximum Gasteiger partial charge on any atom is 0.0831 e. The van der Waals surface area contributed by atoms with Crippen LogP contribution in [0.5, 0.6) is 0 Å². The van der Waals surface area contributed by atoms with Crippen LogP contribution in [0.25, 0.3) is 0 Å². The number of ether oxygens (including phenoxy) is 4. The van der Waals surface area contributed by atoms with Crippen molar-refractivity contribution in [3.63, 3.8) is 0 Å². The van der Waals surface area contributed by atoms with Crippen LogP contribution in [0.3, 0.4) is 0 Å². The Balaban J connectivity index is 0. The van der Waals surface area contributed by atoms with Gasteiger partial charge >= 0.3 is 0 Å². The van der Waals surface area contributed by atoms with Gasteiger partial charge in [-0.15, -0.1) is 11.8 Å². The first-order valence-electron chi connectivity index (χ1n) is 25.7. The number of hydrogen-bond acceptors (Lipinski definition) is 8. The predicted molar refractivity (Wildman–Crippen MR) is 267 cm³/mol. The van der Waals surface area contributed by atoms with Crippen molar-refractivity contribution >= 4 is 0 Å². The van der Waals surface area contributed by atoms with Crippen molar-refractivity contribution in [2.75, 3.05) is 46.2 Å². The highest BCUT2D eigenvalue weighted by atomic mass is 16.6. The first-order valence-corrected chi connectivity index (χ1v) is 25.7. The van der Waals surface area contributed by atoms with Crippen molar-refractivity contribution in [3.8, 4) is 11.8 Å². The van der Waals surface area contributed by atoms with Gasteiger partial charge in [0.1, 0.15) is 0 Å². The average Bonchev–Trinajstić information content (AvgIpc) is 4.13. The van der Waals surface area contributed by atoms with Gasteiger partial charge in [-0.25, -0.2) is 0 Å². The third kappa shape index (κ3) is 56.0. The number of hydrogen-bond donors (Lipinski definition) is 4. The van der Waals surface area contributed by atoms with Crippen LogP contribution in [-0.2, 0) is 25.6 Å². The summed E-state index contributed by atoms with van der Waals surface area (Å²) in [4.78, 5) is 0. The lowest BCUT2D eigenvalue weighted by molar-refractivity contribution is 0.0753. The third-order valence-electron chi connectivity index (χ3n) is 10.3. The van der Waals surface area contributed by atoms with Crippen LogP contribution in [0.15, 0.2) is 54.6 Å². The fraction of sp³-hybridized carbons (Fsp3) is 0.782. The minimum atomic E-state index is -0.371. The molecule has 0 spiro atoms. The molecule has 0 radical (unpaired) electrons. The number of epoxide rings is 1. The normalized spacial score (nSPS) is 14.4. The standard InChI is InChI=1S/C19H28O2.C16H32O2.C12H24O2.C8H16O2/c1-2-3-4-5-6-7-11-14-19(20)15-16-21-17-18-12-9-8-10-13-18;1-3-5-7-8-9-10-11-12-16(17)13-15-18-14-6-4-2;1-2-3-4-5-6-7-8-9-12(14)10-11-13;1-2-3-5-9-6-4-8-7-10-8/h8-10,12-13,19-20H,2-6,14-17H2,1H3;10-11,16-17H,3-9,12-15H2,1-2H3;7-8,12-14H,2-6,9-11H2,1H3;8H,2-7H2,1H3/b;11-10-;8-7-;/t19-;16-;12-;8-/m1110/s1. The van der Waals surface area contributed by atoms with Gasteiger partial charge in [0.05, 0.1) is 37.6 Å². The molecule has 1 aliphatic rings. The number of allylic oxidation sites excluding steroid dienone is 2. The van der Waals surface area contributed by atoms with Gasteiger partial charge in [0.15, 0.2) is 0 Å². The molecule has 2 rings (SSSR count). The molecule has 0 aliphatic carbocycles. The van der Waals surface area contributed by atoms with E-state index in [2.05, 4.69) is 64.7 Å². The molecule has 0 aromatic heterocycles. The minimum Gasteiger partial charge on any atom is -0.396 e. The van der Waals surface area contributed by atoms with E-state index >= 15 is 0 Å². The molecule has 1 heterocycles. The Labute approximate surface area is 389 Å². The number of unbranched alkanes of at least 4 members (excludes halogenated alkanes) is 14. The zero-order chi connectivity index (χ0) is 46.5. The quantitative estimate of drug-likeness (QED) is 0.0224. The highest BCUT2D eigenvalue weighted by molar-refractivity contribution is 5.13. The smallest absolute Gasteiger partial charge is 0.0831 e. The summed E-state index contributed by atoms with van der Waals surface area (Å²) in [5.41, 5.74) is 1.17. The van der Waals surface area contributed by atoms with Crippen LogP contribution in [0, 0.1) is 11.8 Å². The first-order chi connectivity index (χ1) is 30.9. The summed E-state index contributed by atoms with van der Waals surface area (Å²) in [7, 11) is 0. The van der Waals surface area contributed by atoms with Crippen LogP contribution in [-0.4, -0.2) is 91.1 Å². The van der Waals surface area contributed by atoms with E-state index in [0.29, 0.717) is 51.6 Å². The fourth-order valence-electron chi connectivity index (χ4n) is 5.87. The molecule has 0 unspecified atom stereocenters. The summed E-state index contributed by atoms with van der Waals surface area (Å²) in [5.74, 6) is 6.21. The predicted octanol–water partition coefficient (Wildman–Crippen LogP) is 13.0. The van der Waals surface area contributed by atoms with Crippen molar-refractivity contribution < 1.29 is 39.4 Å². The molecule has 8 heteroatoms. The van der Waals surface area contributed by atoms with Gasteiger partial charge in [-0.3, -0.25) is 0 Å². The van der Waals surface area contributed by atoms with Gasteiger partial charge in [-0.2, -0.15) is 0 Å². The summed E-state index contributed by atoms with van der Waals surface area (Å²) < 4.78 is 21.4. The Morgan fingerprint density at radius 1 is 0.571 bits per heavy atom. The van der Waals surface area contributed by atoms with Gasteiger partial charge < -0.3 is 39.4 Å². The monoisotopic (exact) mass is 889 g/mol. The Morgan fingerprint density at radius 3 is 1.62 bits per heavy atom. The molecule has 0 saturated carbocycles. The van der Waals surface area contributed by atoms with Crippen LogP contribution < -0.4 is 0 Å². The lowest BCUT2D eigenvalue weighted by Gasteiger charge is -2.08. The topological polar surface area (TPSA) is 121 Å². The maximum atomic E-state index is 9.80. The Morgan fingerprint density at radius 2 is 1.08 bits per heavy atom. The van der Waals surface area contributed by atoms with Crippen molar-refractivity contribution in [2.45, 2.75) is 233 Å². The van der Waals surface area contributed by atoms with E-state index in [1.54, 1.807) is 0 Å². The molecule has 1 aromatic rings. The molecule has 63 heavy (non-hydrogen) atoms. The van der Waals surface area contributed by atoms with Gasteiger partial charge in [-0.1, -0.05) is 160 Å². The lowest BCUT2D eigenvalue weighted by atomic mass is 10.1. The lowest BCUT2D eigenvalue weighted by Crippen LogP contribution is -2.09. The second-order valence-electron chi connectivity index (χ2n) is 16.7. The second-order valence-corrected chi connectivity index (χ2v) is 16.7. The Kier molecular flexibility index (Phi) is 54.3. The molecule has 1 saturated heterocycles. The first kappa shape index (κ1) is 63.0. The van der Waals surface area contributed by atoms with Crippen LogP contribution in [0.4, 0.5) is 0 Å². The fourth-order valence-corrected chi connectivity index (χ4v) is 5.87. The Bertz CT molecular complexity index is 1110. The van der Waals surface area contributed by atoms with Gasteiger partial charge in [0.25, 0.3) is 0 Å². The van der Waals surface area contributed by atoms with Gasteiger partial charge in [0.2, 0.25) is 0 Å². The van der Waals surface area contributed by atoms with Crippen LogP contribution >= 0.6 is 0 Å². The molecule has 4 N–H and O–H groups in total. The SMILES string of the molecule is CCCCCC/C=C\C[C@@H](O)CCO.CCCCCC/C=C\C[C@@H](O)CCOCCCC.CCCCCCC#CC[C@@H](O)CCOCc1ccccc1.CCCCOCC[C@H]1CO1. The molecule has 0 amide bonds. The van der Waals surface area contributed by atoms with Crippen molar-refractivity contribution in [2.24, 2.45) is 0 Å². The number of benzene rings is 1. The third-order valence-corrected chi connectivity index (χ3v) is 10.3. The van der Waals surface area contributed by atoms with E-state index < -0.39 is 0 Å². The zero-order valence-corrected chi connectivity index (χ0v) is 41.5. The summed E-state index contributed by atoms with van der Waals surface area (Å²) in [6.07, 6.45) is 36.3. The highest BCUT2D eigenvalue weighted by Gasteiger charge is 2.21. The minimum absolute atomic E-state index is 0.0749. The summed E-state index contributed by atoms with van der Waals surface area (Å²) in [6.45, 7) is 16.5. The van der Waals surface area contributed by atoms with E-state index in [0.717, 1.165) is 71.4 Å². The van der Waals surface area contributed by atoms with E-state index in [-0.39, 0.29) is 24.9 Å². The molecular weight excluding hydrogens is 789 g/mol. The summed E-state index contributed by atoms with van der Waals surface area (Å²) in [5, 5.41) is 37.4. The molecule has 4 atom stereocenters. The highest BCUT2D eigenvalue weighted by Crippen LogP contribution is 2.13. The summed E-state index contributed by atoms with van der Waals surface area (Å²) in [6, 6.07) is 10.1. The van der Waals surface area contributed by atoms with Crippen molar-refractivity contribution in [3.05, 3.63) is 60.2 Å². The average molecular weight is 889 g/mol. The molecule has 368 valence electrons. The van der Waals surface area contributed by atoms with Crippen LogP contribution in [0.2, 0.25) is 0 Å². The second kappa shape index (κ2) is 54.3. The molecule has 1 aromatic carbocycles. The number of aliphatic hydroxyl groups is 4. The molecule has 8 nitrogen and oxygen atoms in total. The van der Waals surface area contributed by atoms with E-state index in [4.69, 9.17) is 24.1 Å². The molecule has 1 aliphatic heterocycles. The van der Waals surface area contributed by atoms with Crippen molar-refractivity contribution in [1.82, 2.24) is 0 Å². The molecule has 1 fully saturated rings. The van der Waals surface area contributed by atoms with Crippen LogP contribution in [0.1, 0.15) is 207 Å². The zero-order valence-electron chi connectivity index (χ0n) is 41.5. The molecular formula is C55H100O8. The van der Waals surface area contributed by atoms with E-state index in [1.807, 2.05) is 36.4 Å². The largest absolute Gasteiger partial charge is 0.396 e. The maximum absolute atomic E-state index is 9.80. The number of aliphatic hydroxyl groups excluding tert-OH is 4. The van der Waals surface area contributed by atoms with Gasteiger partial charge in [-0.05, 0) is 89.0 Å². The van der Waals surface area contributed by atoms with Crippen molar-refractivity contribution in [1.29, 1.82) is 0 Å². The van der Waals surface area contributed by atoms with E-state index in [1.165, 1.54) is 102 Å². The number of rotatable bonds is 38. The van der Waals surface area contributed by atoms with Gasteiger partial charge in [0, 0.05) is 52.5 Å². The molecule has 0 bridgehead atoms. The summed E-state index contributed by atoms with van der Waals surface area (Å²) >= 11 is 0.